The first-order valence-corrected chi connectivity index (χ1v) is 9.25. The van der Waals surface area contributed by atoms with Crippen LogP contribution in [0.5, 0.6) is 0 Å². The molecule has 134 valence electrons. The van der Waals surface area contributed by atoms with Gasteiger partial charge in [-0.25, -0.2) is 4.98 Å². The Bertz CT molecular complexity index is 894. The van der Waals surface area contributed by atoms with Crippen LogP contribution < -0.4 is 0 Å². The summed E-state index contributed by atoms with van der Waals surface area (Å²) in [6, 6.07) is 16.9. The number of piperidine rings is 1. The fourth-order valence-corrected chi connectivity index (χ4v) is 4.58. The van der Waals surface area contributed by atoms with Crippen molar-refractivity contribution in [3.8, 4) is 0 Å². The molecule has 2 atom stereocenters. The zero-order valence-corrected chi connectivity index (χ0v) is 14.7. The van der Waals surface area contributed by atoms with Crippen molar-refractivity contribution in [1.82, 2.24) is 14.3 Å². The highest BCUT2D eigenvalue weighted by Gasteiger charge is 2.48. The molecule has 2 aliphatic heterocycles. The van der Waals surface area contributed by atoms with E-state index in [1.54, 1.807) is 0 Å². The van der Waals surface area contributed by atoms with E-state index >= 15 is 0 Å². The van der Waals surface area contributed by atoms with Gasteiger partial charge in [0.1, 0.15) is 11.2 Å². The van der Waals surface area contributed by atoms with E-state index in [2.05, 4.69) is 34.1 Å². The number of imidazole rings is 1. The van der Waals surface area contributed by atoms with E-state index in [1.807, 2.05) is 41.1 Å². The molecule has 0 aliphatic carbocycles. The summed E-state index contributed by atoms with van der Waals surface area (Å²) in [7, 11) is 0. The van der Waals surface area contributed by atoms with Gasteiger partial charge in [0.25, 0.3) is 0 Å². The highest BCUT2D eigenvalue weighted by molar-refractivity contribution is 5.41. The predicted octanol–water partition coefficient (Wildman–Crippen LogP) is 2.59. The zero-order valence-electron chi connectivity index (χ0n) is 14.7. The van der Waals surface area contributed by atoms with Crippen molar-refractivity contribution in [3.63, 3.8) is 0 Å². The molecule has 5 rings (SSSR count). The Labute approximate surface area is 152 Å². The molecule has 0 radical (unpaired) electrons. The number of ether oxygens (including phenoxy) is 1. The second-order valence-corrected chi connectivity index (χ2v) is 7.52. The number of pyridine rings is 1. The molecule has 2 fully saturated rings. The minimum atomic E-state index is -0.868. The van der Waals surface area contributed by atoms with Gasteiger partial charge < -0.3 is 14.2 Å². The standard InChI is InChI=1S/C21H23N3O2/c25-21(19-12-22-20-8-4-5-9-23(19)20)10-17-14-26-15-18(11-21)24(17)13-16-6-2-1-3-7-16/h1-9,12,17-18,25H,10-11,13-15H2. The van der Waals surface area contributed by atoms with Gasteiger partial charge in [0.05, 0.1) is 25.1 Å². The molecule has 1 N–H and O–H groups in total. The number of morpholine rings is 1. The van der Waals surface area contributed by atoms with Crippen LogP contribution in [0.2, 0.25) is 0 Å². The van der Waals surface area contributed by atoms with Crippen LogP contribution in [-0.2, 0) is 16.9 Å². The maximum absolute atomic E-state index is 11.6. The molecule has 5 nitrogen and oxygen atoms in total. The molecule has 2 saturated heterocycles. The second kappa shape index (κ2) is 6.20. The third kappa shape index (κ3) is 2.63. The van der Waals surface area contributed by atoms with E-state index in [0.29, 0.717) is 26.1 Å². The van der Waals surface area contributed by atoms with Crippen molar-refractivity contribution >= 4 is 5.65 Å². The lowest BCUT2D eigenvalue weighted by Crippen LogP contribution is -2.60. The van der Waals surface area contributed by atoms with Gasteiger partial charge in [0.2, 0.25) is 0 Å². The maximum Gasteiger partial charge on any atom is 0.136 e. The molecule has 2 aromatic heterocycles. The molecular formula is C21H23N3O2. The average molecular weight is 349 g/mol. The molecule has 3 aromatic rings. The summed E-state index contributed by atoms with van der Waals surface area (Å²) in [5.74, 6) is 0. The largest absolute Gasteiger partial charge is 0.383 e. The van der Waals surface area contributed by atoms with Crippen LogP contribution in [0, 0.1) is 0 Å². The number of fused-ring (bicyclic) bond motifs is 3. The smallest absolute Gasteiger partial charge is 0.136 e. The van der Waals surface area contributed by atoms with Gasteiger partial charge in [-0.05, 0) is 30.5 Å². The lowest BCUT2D eigenvalue weighted by Gasteiger charge is -2.51. The van der Waals surface area contributed by atoms with Gasteiger partial charge in [-0.2, -0.15) is 0 Å². The average Bonchev–Trinajstić information content (AvgIpc) is 3.09. The van der Waals surface area contributed by atoms with Crippen molar-refractivity contribution in [1.29, 1.82) is 0 Å². The van der Waals surface area contributed by atoms with Crippen LogP contribution in [0.1, 0.15) is 24.1 Å². The van der Waals surface area contributed by atoms with Crippen molar-refractivity contribution in [2.75, 3.05) is 13.2 Å². The molecule has 2 bridgehead atoms. The number of hydrogen-bond acceptors (Lipinski definition) is 4. The lowest BCUT2D eigenvalue weighted by molar-refractivity contribution is -0.151. The van der Waals surface area contributed by atoms with Gasteiger partial charge in [0, 0.05) is 24.8 Å². The lowest BCUT2D eigenvalue weighted by atomic mass is 9.79. The Balaban J connectivity index is 1.46. The van der Waals surface area contributed by atoms with Crippen molar-refractivity contribution < 1.29 is 9.84 Å². The number of aliphatic hydroxyl groups is 1. The first kappa shape index (κ1) is 16.0. The van der Waals surface area contributed by atoms with Crippen LogP contribution >= 0.6 is 0 Å². The Hall–Kier alpha value is -2.21. The summed E-state index contributed by atoms with van der Waals surface area (Å²) in [5.41, 5.74) is 2.21. The third-order valence-corrected chi connectivity index (χ3v) is 5.81. The number of rotatable bonds is 3. The molecule has 4 heterocycles. The zero-order chi connectivity index (χ0) is 17.6. The Morgan fingerprint density at radius 1 is 1.04 bits per heavy atom. The SMILES string of the molecule is OC1(c2cnc3ccccn23)CC2COCC(C1)N2Cc1ccccc1. The topological polar surface area (TPSA) is 50.0 Å². The minimum Gasteiger partial charge on any atom is -0.383 e. The summed E-state index contributed by atoms with van der Waals surface area (Å²) < 4.78 is 7.84. The monoisotopic (exact) mass is 349 g/mol. The summed E-state index contributed by atoms with van der Waals surface area (Å²) in [6.07, 6.45) is 5.15. The van der Waals surface area contributed by atoms with E-state index in [9.17, 15) is 5.11 Å². The third-order valence-electron chi connectivity index (χ3n) is 5.81. The highest BCUT2D eigenvalue weighted by Crippen LogP contribution is 2.41. The Morgan fingerprint density at radius 3 is 2.54 bits per heavy atom. The molecule has 5 heteroatoms. The molecular weight excluding hydrogens is 326 g/mol. The van der Waals surface area contributed by atoms with Gasteiger partial charge in [-0.1, -0.05) is 36.4 Å². The summed E-state index contributed by atoms with van der Waals surface area (Å²) in [5, 5.41) is 11.6. The van der Waals surface area contributed by atoms with E-state index in [0.717, 1.165) is 17.9 Å². The number of nitrogens with zero attached hydrogens (tertiary/aromatic N) is 3. The Morgan fingerprint density at radius 2 is 1.77 bits per heavy atom. The predicted molar refractivity (Wildman–Crippen MR) is 98.7 cm³/mol. The second-order valence-electron chi connectivity index (χ2n) is 7.52. The number of benzene rings is 1. The quantitative estimate of drug-likeness (QED) is 0.790. The van der Waals surface area contributed by atoms with E-state index < -0.39 is 5.60 Å². The minimum absolute atomic E-state index is 0.210. The molecule has 0 saturated carbocycles. The summed E-state index contributed by atoms with van der Waals surface area (Å²) in [4.78, 5) is 6.99. The van der Waals surface area contributed by atoms with E-state index in [1.165, 1.54) is 5.56 Å². The van der Waals surface area contributed by atoms with Gasteiger partial charge in [0.15, 0.2) is 0 Å². The van der Waals surface area contributed by atoms with Crippen LogP contribution in [0.4, 0.5) is 0 Å². The van der Waals surface area contributed by atoms with Crippen LogP contribution in [0.15, 0.2) is 60.9 Å². The molecule has 2 unspecified atom stereocenters. The first-order valence-electron chi connectivity index (χ1n) is 9.25. The summed E-state index contributed by atoms with van der Waals surface area (Å²) in [6.45, 7) is 2.24. The Kier molecular flexibility index (Phi) is 3.81. The molecule has 26 heavy (non-hydrogen) atoms. The summed E-state index contributed by atoms with van der Waals surface area (Å²) >= 11 is 0. The highest BCUT2D eigenvalue weighted by atomic mass is 16.5. The van der Waals surface area contributed by atoms with E-state index in [-0.39, 0.29) is 12.1 Å². The fourth-order valence-electron chi connectivity index (χ4n) is 4.58. The van der Waals surface area contributed by atoms with Gasteiger partial charge in [-0.3, -0.25) is 4.90 Å². The van der Waals surface area contributed by atoms with Crippen molar-refractivity contribution in [2.45, 2.75) is 37.1 Å². The van der Waals surface area contributed by atoms with Crippen molar-refractivity contribution in [2.24, 2.45) is 0 Å². The maximum atomic E-state index is 11.6. The number of hydrogen-bond donors (Lipinski definition) is 1. The molecule has 2 aliphatic rings. The first-order chi connectivity index (χ1) is 12.7. The molecule has 0 spiro atoms. The van der Waals surface area contributed by atoms with Crippen LogP contribution in [0.3, 0.4) is 0 Å². The normalized spacial score (nSPS) is 29.1. The van der Waals surface area contributed by atoms with Gasteiger partial charge in [-0.15, -0.1) is 0 Å². The fraction of sp³-hybridized carbons (Fsp3) is 0.381. The van der Waals surface area contributed by atoms with Gasteiger partial charge >= 0.3 is 0 Å². The molecule has 0 amide bonds. The molecule has 1 aromatic carbocycles. The van der Waals surface area contributed by atoms with Crippen LogP contribution in [-0.4, -0.2) is 44.7 Å². The van der Waals surface area contributed by atoms with E-state index in [4.69, 9.17) is 4.74 Å². The number of aromatic nitrogens is 2. The van der Waals surface area contributed by atoms with Crippen molar-refractivity contribution in [3.05, 3.63) is 72.2 Å². The van der Waals surface area contributed by atoms with Crippen LogP contribution in [0.25, 0.3) is 5.65 Å².